The molecule has 11 nitrogen and oxygen atoms in total. The molecule has 34 heavy (non-hydrogen) atoms. The number of rotatable bonds is 10. The van der Waals surface area contributed by atoms with E-state index in [1.165, 1.54) is 0 Å². The number of carbonyl (C=O) groups excluding carboxylic acids is 1. The van der Waals surface area contributed by atoms with Crippen LogP contribution in [0.15, 0.2) is 0 Å². The molecule has 0 aromatic rings. The van der Waals surface area contributed by atoms with E-state index in [2.05, 4.69) is 21.2 Å². The van der Waals surface area contributed by atoms with Crippen LogP contribution < -0.4 is 10.6 Å². The van der Waals surface area contributed by atoms with Gasteiger partial charge >= 0.3 is 7.82 Å². The summed E-state index contributed by atoms with van der Waals surface area (Å²) in [5.74, 6) is 0.128. The number of hydrogen-bond donors (Lipinski definition) is 6. The number of phosphoric ester groups is 1. The Morgan fingerprint density at radius 2 is 2.06 bits per heavy atom. The number of nitriles is 1. The molecule has 0 spiro atoms. The van der Waals surface area contributed by atoms with Crippen LogP contribution >= 0.6 is 31.2 Å². The SMILES string of the molecule is CS[C@H]1O[C@H](C(NC(=O)[C@@H]2CC[C@H](CCCC#N)CCN2)[C@H](C)Cl)[C@H](O)[C@H](O)[C@H]1OP(=O)(O)O. The van der Waals surface area contributed by atoms with Crippen molar-refractivity contribution in [1.82, 2.24) is 10.6 Å². The van der Waals surface area contributed by atoms with Crippen LogP contribution in [-0.2, 0) is 18.6 Å². The van der Waals surface area contributed by atoms with Gasteiger partial charge in [-0.3, -0.25) is 9.32 Å². The minimum Gasteiger partial charge on any atom is -0.388 e. The van der Waals surface area contributed by atoms with Crippen LogP contribution in [-0.4, -0.2) is 86.0 Å². The maximum atomic E-state index is 13.1. The van der Waals surface area contributed by atoms with E-state index in [0.717, 1.165) is 37.4 Å². The zero-order valence-electron chi connectivity index (χ0n) is 19.2. The summed E-state index contributed by atoms with van der Waals surface area (Å²) in [6.07, 6.45) is 0.363. The summed E-state index contributed by atoms with van der Waals surface area (Å²) < 4.78 is 21.8. The maximum absolute atomic E-state index is 13.1. The Kier molecular flexibility index (Phi) is 12.0. The predicted molar refractivity (Wildman–Crippen MR) is 127 cm³/mol. The summed E-state index contributed by atoms with van der Waals surface area (Å²) >= 11 is 7.38. The number of aliphatic hydroxyl groups excluding tert-OH is 2. The highest BCUT2D eigenvalue weighted by Crippen LogP contribution is 2.43. The third kappa shape index (κ3) is 8.59. The topological polar surface area (TPSA) is 181 Å². The molecule has 2 aliphatic heterocycles. The number of unbranched alkanes of at least 4 members (excludes halogenated alkanes) is 1. The van der Waals surface area contributed by atoms with Crippen LogP contribution in [0, 0.1) is 17.2 Å². The Bertz CT molecular complexity index is 752. The van der Waals surface area contributed by atoms with Crippen molar-refractivity contribution in [2.45, 2.75) is 92.8 Å². The molecule has 6 N–H and O–H groups in total. The standard InChI is InChI=1S/C20H35ClN3O8PS/c1-11(21)14(17-15(25)16(26)18(20(31-17)34-2)32-33(28,29)30)24-19(27)13-7-6-12(8-10-23-13)5-3-4-9-22/h11-18,20,23,25-26H,3-8,10H2,1-2H3,(H,24,27)(H2,28,29,30)/t11-,12-,13-,14?,15+,16-,17+,18+,20+/m0/s1. The highest BCUT2D eigenvalue weighted by Gasteiger charge is 2.51. The molecule has 9 atom stereocenters. The summed E-state index contributed by atoms with van der Waals surface area (Å²) in [6.45, 7) is 2.28. The Morgan fingerprint density at radius 1 is 1.35 bits per heavy atom. The van der Waals surface area contributed by atoms with Crippen molar-refractivity contribution in [3.05, 3.63) is 0 Å². The lowest BCUT2D eigenvalue weighted by Gasteiger charge is -2.45. The lowest BCUT2D eigenvalue weighted by Crippen LogP contribution is -2.65. The van der Waals surface area contributed by atoms with E-state index in [9.17, 15) is 19.6 Å². The van der Waals surface area contributed by atoms with Gasteiger partial charge in [0.05, 0.1) is 23.5 Å². The van der Waals surface area contributed by atoms with E-state index in [-0.39, 0.29) is 5.91 Å². The Balaban J connectivity index is 2.06. The zero-order chi connectivity index (χ0) is 25.5. The highest BCUT2D eigenvalue weighted by molar-refractivity contribution is 7.99. The second kappa shape index (κ2) is 13.7. The van der Waals surface area contributed by atoms with E-state index in [4.69, 9.17) is 31.4 Å². The number of aliphatic hydroxyl groups is 2. The van der Waals surface area contributed by atoms with E-state index in [1.54, 1.807) is 13.2 Å². The summed E-state index contributed by atoms with van der Waals surface area (Å²) in [4.78, 5) is 31.4. The highest BCUT2D eigenvalue weighted by atomic mass is 35.5. The fraction of sp³-hybridized carbons (Fsp3) is 0.900. The van der Waals surface area contributed by atoms with Gasteiger partial charge in [0.15, 0.2) is 0 Å². The molecule has 0 saturated carbocycles. The first kappa shape index (κ1) is 29.8. The number of phosphoric acid groups is 1. The molecule has 0 aromatic heterocycles. The van der Waals surface area contributed by atoms with Crippen LogP contribution in [0.4, 0.5) is 0 Å². The molecule has 0 aromatic carbocycles. The van der Waals surface area contributed by atoms with Crippen molar-refractivity contribution in [2.24, 2.45) is 5.92 Å². The van der Waals surface area contributed by atoms with Crippen LogP contribution in [0.1, 0.15) is 45.4 Å². The molecule has 2 saturated heterocycles. The van der Waals surface area contributed by atoms with Gasteiger partial charge in [0.1, 0.15) is 29.9 Å². The number of carbonyl (C=O) groups is 1. The average Bonchev–Trinajstić information content (AvgIpc) is 3.01. The van der Waals surface area contributed by atoms with Gasteiger partial charge in [-0.15, -0.1) is 23.4 Å². The first-order chi connectivity index (χ1) is 16.0. The number of amides is 1. The second-order valence-corrected chi connectivity index (χ2v) is 11.6. The molecule has 14 heteroatoms. The van der Waals surface area contributed by atoms with Crippen molar-refractivity contribution >= 4 is 37.1 Å². The Labute approximate surface area is 209 Å². The molecule has 2 rings (SSSR count). The third-order valence-corrected chi connectivity index (χ3v) is 7.89. The lowest BCUT2D eigenvalue weighted by molar-refractivity contribution is -0.201. The number of ether oxygens (including phenoxy) is 1. The molecule has 2 aliphatic rings. The van der Waals surface area contributed by atoms with Crippen molar-refractivity contribution in [3.8, 4) is 6.07 Å². The molecular weight excluding hydrogens is 509 g/mol. The minimum atomic E-state index is -4.96. The van der Waals surface area contributed by atoms with E-state index in [0.29, 0.717) is 25.3 Å². The number of nitrogens with zero attached hydrogens (tertiary/aromatic N) is 1. The summed E-state index contributed by atoms with van der Waals surface area (Å²) in [5.41, 5.74) is -1.02. The van der Waals surface area contributed by atoms with Gasteiger partial charge in [-0.25, -0.2) is 4.57 Å². The largest absolute Gasteiger partial charge is 0.470 e. The third-order valence-electron chi connectivity index (χ3n) is 6.26. The van der Waals surface area contributed by atoms with Crippen molar-refractivity contribution in [2.75, 3.05) is 12.8 Å². The molecule has 2 heterocycles. The Hall–Kier alpha value is -0.450. The molecule has 0 aliphatic carbocycles. The number of thioether (sulfide) groups is 1. The van der Waals surface area contributed by atoms with E-state index in [1.807, 2.05) is 0 Å². The van der Waals surface area contributed by atoms with Crippen LogP contribution in [0.25, 0.3) is 0 Å². The average molecular weight is 544 g/mol. The zero-order valence-corrected chi connectivity index (χ0v) is 21.7. The fourth-order valence-corrected chi connectivity index (χ4v) is 6.00. The van der Waals surface area contributed by atoms with Crippen LogP contribution in [0.5, 0.6) is 0 Å². The van der Waals surface area contributed by atoms with Gasteiger partial charge in [-0.1, -0.05) is 0 Å². The monoisotopic (exact) mass is 543 g/mol. The van der Waals surface area contributed by atoms with Crippen LogP contribution in [0.3, 0.4) is 0 Å². The van der Waals surface area contributed by atoms with Crippen molar-refractivity contribution in [1.29, 1.82) is 5.26 Å². The van der Waals surface area contributed by atoms with Crippen LogP contribution in [0.2, 0.25) is 0 Å². The maximum Gasteiger partial charge on any atom is 0.470 e. The molecule has 1 unspecified atom stereocenters. The summed E-state index contributed by atoms with van der Waals surface area (Å²) in [5, 5.41) is 35.3. The molecule has 196 valence electrons. The molecular formula is C20H35ClN3O8PS. The van der Waals surface area contributed by atoms with Gasteiger partial charge in [0.25, 0.3) is 0 Å². The van der Waals surface area contributed by atoms with Gasteiger partial charge in [-0.05, 0) is 57.7 Å². The number of alkyl halides is 1. The van der Waals surface area contributed by atoms with Gasteiger partial charge in [0.2, 0.25) is 5.91 Å². The number of halogens is 1. The minimum absolute atomic E-state index is 0.310. The number of nitrogens with one attached hydrogen (secondary N) is 2. The smallest absolute Gasteiger partial charge is 0.388 e. The predicted octanol–water partition coefficient (Wildman–Crippen LogP) is 0.838. The fourth-order valence-electron chi connectivity index (χ4n) is 4.44. The summed E-state index contributed by atoms with van der Waals surface area (Å²) in [7, 11) is -4.96. The molecule has 2 fully saturated rings. The van der Waals surface area contributed by atoms with Gasteiger partial charge < -0.3 is 35.4 Å². The second-order valence-electron chi connectivity index (χ2n) is 8.75. The van der Waals surface area contributed by atoms with Crippen molar-refractivity contribution < 1.29 is 38.6 Å². The van der Waals surface area contributed by atoms with Gasteiger partial charge in [0, 0.05) is 6.42 Å². The summed E-state index contributed by atoms with van der Waals surface area (Å²) in [6, 6.07) is 0.796. The normalized spacial score (nSPS) is 34.5. The quantitative estimate of drug-likeness (QED) is 0.130. The first-order valence-corrected chi connectivity index (χ1v) is 14.6. The van der Waals surface area contributed by atoms with E-state index >= 15 is 0 Å². The Morgan fingerprint density at radius 3 is 2.65 bits per heavy atom. The van der Waals surface area contributed by atoms with Gasteiger partial charge in [-0.2, -0.15) is 5.26 Å². The first-order valence-electron chi connectivity index (χ1n) is 11.3. The number of hydrogen-bond acceptors (Lipinski definition) is 9. The molecule has 0 radical (unpaired) electrons. The molecule has 0 bridgehead atoms. The van der Waals surface area contributed by atoms with Crippen molar-refractivity contribution in [3.63, 3.8) is 0 Å². The van der Waals surface area contributed by atoms with E-state index < -0.39 is 55.1 Å². The molecule has 1 amide bonds. The lowest BCUT2D eigenvalue weighted by atomic mass is 9.92.